The van der Waals surface area contributed by atoms with Crippen LogP contribution in [0.2, 0.25) is 0 Å². The van der Waals surface area contributed by atoms with E-state index in [-0.39, 0.29) is 5.97 Å². The van der Waals surface area contributed by atoms with E-state index >= 15 is 0 Å². The fourth-order valence-electron chi connectivity index (χ4n) is 0.401. The average molecular weight is 175 g/mol. The van der Waals surface area contributed by atoms with Gasteiger partial charge in [-0.1, -0.05) is 12.6 Å². The van der Waals surface area contributed by atoms with E-state index in [0.717, 1.165) is 0 Å². The zero-order valence-corrected chi connectivity index (χ0v) is 8.54. The minimum atomic E-state index is -0.812. The molecule has 0 saturated carbocycles. The van der Waals surface area contributed by atoms with Crippen molar-refractivity contribution in [3.8, 4) is 0 Å². The second-order valence-electron chi connectivity index (χ2n) is 4.01. The van der Waals surface area contributed by atoms with Crippen LogP contribution in [0.4, 0.5) is 0 Å². The molecule has 1 radical (unpaired) electrons. The van der Waals surface area contributed by atoms with Gasteiger partial charge in [-0.15, -0.1) is 0 Å². The molecule has 0 aliphatic carbocycles. The number of carbonyl (C=O) groups excluding carboxylic acids is 1. The number of hydrogen-bond donors (Lipinski definition) is 0. The second-order valence-corrected chi connectivity index (χ2v) is 5.03. The number of esters is 1. The highest BCUT2D eigenvalue weighted by molar-refractivity contribution is 7.82. The van der Waals surface area contributed by atoms with Gasteiger partial charge in [0.05, 0.1) is 0 Å². The fourth-order valence-corrected chi connectivity index (χ4v) is 0.443. The van der Waals surface area contributed by atoms with Gasteiger partial charge in [-0.3, -0.25) is 4.79 Å². The first-order chi connectivity index (χ1) is 4.63. The maximum absolute atomic E-state index is 11.2. The molecular weight excluding hydrogens is 160 g/mol. The number of ether oxygens (including phenoxy) is 1. The summed E-state index contributed by atoms with van der Waals surface area (Å²) in [6, 6.07) is 0. The monoisotopic (exact) mass is 175 g/mol. The summed E-state index contributed by atoms with van der Waals surface area (Å²) in [4.78, 5) is 11.2. The Morgan fingerprint density at radius 2 is 1.55 bits per heavy atom. The Morgan fingerprint density at radius 3 is 1.64 bits per heavy atom. The lowest BCUT2D eigenvalue weighted by Crippen LogP contribution is -2.34. The van der Waals surface area contributed by atoms with E-state index in [1.54, 1.807) is 13.8 Å². The molecule has 0 bridgehead atoms. The predicted octanol–water partition coefficient (Wildman–Crippen LogP) is 2.30. The molecule has 0 aromatic heterocycles. The van der Waals surface area contributed by atoms with E-state index in [0.29, 0.717) is 0 Å². The van der Waals surface area contributed by atoms with Crippen molar-refractivity contribution >= 4 is 18.6 Å². The molecule has 0 saturated heterocycles. The van der Waals surface area contributed by atoms with Crippen LogP contribution < -0.4 is 0 Å². The van der Waals surface area contributed by atoms with Gasteiger partial charge in [0.15, 0.2) is 0 Å². The minimum absolute atomic E-state index is 0.333. The number of hydrogen-bond acceptors (Lipinski definition) is 2. The Bertz CT molecular complexity index is 150. The van der Waals surface area contributed by atoms with Gasteiger partial charge in [0.2, 0.25) is 0 Å². The maximum Gasteiger partial charge on any atom is 0.323 e. The smallest absolute Gasteiger partial charge is 0.323 e. The highest BCUT2D eigenvalue weighted by Gasteiger charge is 2.29. The molecule has 0 atom stereocenters. The van der Waals surface area contributed by atoms with Crippen molar-refractivity contribution in [1.82, 2.24) is 0 Å². The standard InChI is InChI=1S/C8H15O2S/c1-7(2,3)10-6(9)8(4,5)11/h1-5H3. The van der Waals surface area contributed by atoms with Crippen molar-refractivity contribution in [2.24, 2.45) is 0 Å². The van der Waals surface area contributed by atoms with E-state index < -0.39 is 10.3 Å². The van der Waals surface area contributed by atoms with Crippen LogP contribution in [-0.4, -0.2) is 16.3 Å². The summed E-state index contributed by atoms with van der Waals surface area (Å²) in [6.45, 7) is 8.80. The number of carbonyl (C=O) groups is 1. The van der Waals surface area contributed by atoms with E-state index in [1.807, 2.05) is 20.8 Å². The molecule has 0 amide bonds. The second kappa shape index (κ2) is 3.05. The summed E-state index contributed by atoms with van der Waals surface area (Å²) < 4.78 is 4.25. The first-order valence-electron chi connectivity index (χ1n) is 3.57. The van der Waals surface area contributed by atoms with E-state index in [2.05, 4.69) is 0 Å². The van der Waals surface area contributed by atoms with Gasteiger partial charge >= 0.3 is 5.97 Å². The van der Waals surface area contributed by atoms with E-state index in [9.17, 15) is 4.79 Å². The lowest BCUT2D eigenvalue weighted by molar-refractivity contribution is -0.156. The van der Waals surface area contributed by atoms with Crippen LogP contribution in [-0.2, 0) is 9.53 Å². The Balaban J connectivity index is 4.11. The van der Waals surface area contributed by atoms with Crippen LogP contribution in [0.1, 0.15) is 34.6 Å². The Morgan fingerprint density at radius 1 is 1.18 bits per heavy atom. The third kappa shape index (κ3) is 5.13. The van der Waals surface area contributed by atoms with Gasteiger partial charge in [0, 0.05) is 0 Å². The normalized spacial score (nSPS) is 12.9. The van der Waals surface area contributed by atoms with Crippen molar-refractivity contribution in [1.29, 1.82) is 0 Å². The molecule has 0 rings (SSSR count). The summed E-state index contributed by atoms with van der Waals surface area (Å²) in [7, 11) is 0. The van der Waals surface area contributed by atoms with E-state index in [1.165, 1.54) is 0 Å². The number of rotatable bonds is 1. The summed E-state index contributed by atoms with van der Waals surface area (Å²) >= 11 is 4.90. The van der Waals surface area contributed by atoms with Crippen molar-refractivity contribution in [3.05, 3.63) is 0 Å². The third-order valence-electron chi connectivity index (χ3n) is 0.890. The molecular formula is C8H15O2S. The quantitative estimate of drug-likeness (QED) is 0.572. The van der Waals surface area contributed by atoms with Crippen LogP contribution in [0.25, 0.3) is 0 Å². The lowest BCUT2D eigenvalue weighted by Gasteiger charge is -2.24. The molecule has 2 nitrogen and oxygen atoms in total. The summed E-state index contributed by atoms with van der Waals surface area (Å²) in [5.41, 5.74) is -0.437. The van der Waals surface area contributed by atoms with Crippen molar-refractivity contribution in [2.45, 2.75) is 45.0 Å². The summed E-state index contributed by atoms with van der Waals surface area (Å²) in [6.07, 6.45) is 0. The fraction of sp³-hybridized carbons (Fsp3) is 0.875. The molecule has 11 heavy (non-hydrogen) atoms. The van der Waals surface area contributed by atoms with Gasteiger partial charge in [-0.05, 0) is 34.6 Å². The predicted molar refractivity (Wildman–Crippen MR) is 47.5 cm³/mol. The zero-order valence-electron chi connectivity index (χ0n) is 7.72. The molecule has 0 aliphatic rings. The average Bonchev–Trinajstić information content (AvgIpc) is 1.56. The van der Waals surface area contributed by atoms with Gasteiger partial charge in [0.1, 0.15) is 10.3 Å². The largest absolute Gasteiger partial charge is 0.459 e. The zero-order chi connectivity index (χ0) is 9.28. The molecule has 0 spiro atoms. The Kier molecular flexibility index (Phi) is 3.00. The highest BCUT2D eigenvalue weighted by Crippen LogP contribution is 2.18. The Hall–Kier alpha value is -0.180. The van der Waals surface area contributed by atoms with Crippen LogP contribution in [0, 0.1) is 0 Å². The molecule has 3 heteroatoms. The molecule has 0 heterocycles. The summed E-state index contributed by atoms with van der Waals surface area (Å²) in [5, 5.41) is 0. The topological polar surface area (TPSA) is 26.3 Å². The van der Waals surface area contributed by atoms with Crippen molar-refractivity contribution in [3.63, 3.8) is 0 Å². The molecule has 0 aromatic rings. The molecule has 0 aromatic carbocycles. The molecule has 0 unspecified atom stereocenters. The first kappa shape index (κ1) is 10.8. The van der Waals surface area contributed by atoms with Gasteiger partial charge in [-0.2, -0.15) is 0 Å². The molecule has 0 fully saturated rings. The van der Waals surface area contributed by atoms with Gasteiger partial charge < -0.3 is 4.74 Å². The van der Waals surface area contributed by atoms with E-state index in [4.69, 9.17) is 17.4 Å². The third-order valence-corrected chi connectivity index (χ3v) is 1.06. The lowest BCUT2D eigenvalue weighted by atomic mass is 10.1. The van der Waals surface area contributed by atoms with Crippen LogP contribution in [0.15, 0.2) is 0 Å². The molecule has 65 valence electrons. The highest BCUT2D eigenvalue weighted by atomic mass is 32.1. The van der Waals surface area contributed by atoms with Crippen LogP contribution >= 0.6 is 12.6 Å². The van der Waals surface area contributed by atoms with Crippen molar-refractivity contribution < 1.29 is 9.53 Å². The SMILES string of the molecule is CC(C)(C)OC(=O)C(C)(C)[S]. The minimum Gasteiger partial charge on any atom is -0.459 e. The van der Waals surface area contributed by atoms with Crippen LogP contribution in [0.5, 0.6) is 0 Å². The van der Waals surface area contributed by atoms with Gasteiger partial charge in [0.25, 0.3) is 0 Å². The van der Waals surface area contributed by atoms with Gasteiger partial charge in [-0.25, -0.2) is 0 Å². The summed E-state index contributed by atoms with van der Waals surface area (Å²) in [5.74, 6) is -0.333. The molecule has 0 N–H and O–H groups in total. The Labute approximate surface area is 73.7 Å². The van der Waals surface area contributed by atoms with Crippen molar-refractivity contribution in [2.75, 3.05) is 0 Å². The maximum atomic E-state index is 11.2. The van der Waals surface area contributed by atoms with Crippen LogP contribution in [0.3, 0.4) is 0 Å². The molecule has 0 aliphatic heterocycles. The first-order valence-corrected chi connectivity index (χ1v) is 3.97.